The molecule has 0 nitrogen and oxygen atoms in total. The smallest absolute Gasteiger partial charge is 0.00889 e. The minimum atomic E-state index is -1.01. The Bertz CT molecular complexity index is 179. The van der Waals surface area contributed by atoms with Gasteiger partial charge in [-0.05, 0) is 36.4 Å². The Morgan fingerprint density at radius 3 is 1.67 bits per heavy atom. The molecule has 0 unspecified atom stereocenters. The van der Waals surface area contributed by atoms with Gasteiger partial charge in [0.1, 0.15) is 0 Å². The summed E-state index contributed by atoms with van der Waals surface area (Å²) in [4.78, 5) is 0. The molecule has 0 atom stereocenters. The topological polar surface area (TPSA) is 0 Å². The molecule has 1 fully saturated rings. The molecule has 1 aliphatic rings. The van der Waals surface area contributed by atoms with Crippen LogP contribution in [-0.4, -0.2) is 17.5 Å². The molecule has 0 aliphatic carbocycles. The fraction of sp³-hybridized carbons (Fsp3) is 1.00. The van der Waals surface area contributed by atoms with Gasteiger partial charge in [0.15, 0.2) is 0 Å². The Kier molecular flexibility index (Phi) is 3.40. The van der Waals surface area contributed by atoms with Crippen molar-refractivity contribution in [2.24, 2.45) is 0 Å². The van der Waals surface area contributed by atoms with E-state index in [1.54, 1.807) is 0 Å². The molecule has 0 radical (unpaired) electrons. The van der Waals surface area contributed by atoms with Crippen LogP contribution in [0.2, 0.25) is 0 Å². The van der Waals surface area contributed by atoms with E-state index in [1.165, 1.54) is 38.0 Å². The Morgan fingerprint density at radius 1 is 0.917 bits per heavy atom. The lowest BCUT2D eigenvalue weighted by atomic mass is 10.2. The number of hydrogen-bond acceptors (Lipinski definition) is 1. The van der Waals surface area contributed by atoms with Crippen molar-refractivity contribution >= 4 is 17.8 Å². The molecule has 1 saturated heterocycles. The highest BCUT2D eigenvalue weighted by Crippen LogP contribution is 2.60. The molecule has 0 aromatic carbocycles. The second-order valence-electron chi connectivity index (χ2n) is 4.92. The fourth-order valence-corrected chi connectivity index (χ4v) is 5.68. The first-order valence-corrected chi connectivity index (χ1v) is 8.21. The van der Waals surface area contributed by atoms with Crippen LogP contribution in [-0.2, 0) is 11.8 Å². The average molecular weight is 204 g/mol. The predicted octanol–water partition coefficient (Wildman–Crippen LogP) is 3.84. The highest BCUT2D eigenvalue weighted by molar-refractivity contribution is 8.15. The van der Waals surface area contributed by atoms with Gasteiger partial charge >= 0.3 is 0 Å². The van der Waals surface area contributed by atoms with Crippen LogP contribution in [0.4, 0.5) is 0 Å². The molecule has 0 aromatic heterocycles. The first kappa shape index (κ1) is 10.7. The van der Waals surface area contributed by atoms with Gasteiger partial charge in [0.05, 0.1) is 0 Å². The van der Waals surface area contributed by atoms with Crippen molar-refractivity contribution < 1.29 is 0 Å². The van der Waals surface area contributed by atoms with E-state index in [4.69, 9.17) is 11.8 Å². The lowest BCUT2D eigenvalue weighted by Gasteiger charge is -2.34. The SMILES string of the molecule is CC(C)(C)P1(=S)CCCCCC1. The molecule has 12 heavy (non-hydrogen) atoms. The number of hydrogen-bond donors (Lipinski definition) is 0. The van der Waals surface area contributed by atoms with Crippen molar-refractivity contribution in [2.75, 3.05) is 12.3 Å². The van der Waals surface area contributed by atoms with Crippen molar-refractivity contribution in [1.29, 1.82) is 0 Å². The van der Waals surface area contributed by atoms with Gasteiger partial charge in [-0.2, -0.15) is 0 Å². The Hall–Kier alpha value is 0.650. The zero-order valence-electron chi connectivity index (χ0n) is 8.60. The molecule has 0 spiro atoms. The third-order valence-electron chi connectivity index (χ3n) is 3.01. The van der Waals surface area contributed by atoms with E-state index in [1.807, 2.05) is 0 Å². The largest absolute Gasteiger partial charge is 0.0969 e. The van der Waals surface area contributed by atoms with Crippen LogP contribution in [0.25, 0.3) is 0 Å². The fourth-order valence-electron chi connectivity index (χ4n) is 1.87. The van der Waals surface area contributed by atoms with Gasteiger partial charge in [0.25, 0.3) is 0 Å². The molecule has 0 aromatic rings. The van der Waals surface area contributed by atoms with Crippen molar-refractivity contribution in [3.05, 3.63) is 0 Å². The minimum Gasteiger partial charge on any atom is -0.0969 e. The summed E-state index contributed by atoms with van der Waals surface area (Å²) in [6, 6.07) is -1.01. The van der Waals surface area contributed by atoms with Gasteiger partial charge in [-0.1, -0.05) is 45.4 Å². The van der Waals surface area contributed by atoms with Crippen LogP contribution in [0.3, 0.4) is 0 Å². The number of rotatable bonds is 0. The van der Waals surface area contributed by atoms with Crippen molar-refractivity contribution in [3.8, 4) is 0 Å². The summed E-state index contributed by atoms with van der Waals surface area (Å²) in [7, 11) is 0. The maximum atomic E-state index is 5.89. The van der Waals surface area contributed by atoms with E-state index < -0.39 is 6.04 Å². The van der Waals surface area contributed by atoms with Gasteiger partial charge in [0, 0.05) is 0 Å². The quantitative estimate of drug-likeness (QED) is 0.540. The van der Waals surface area contributed by atoms with Crippen molar-refractivity contribution in [2.45, 2.75) is 51.6 Å². The molecule has 1 heterocycles. The van der Waals surface area contributed by atoms with Crippen LogP contribution in [0.5, 0.6) is 0 Å². The Labute approximate surface area is 82.1 Å². The second-order valence-corrected chi connectivity index (χ2v) is 11.0. The molecule has 0 N–H and O–H groups in total. The van der Waals surface area contributed by atoms with Gasteiger partial charge in [0.2, 0.25) is 0 Å². The molecular weight excluding hydrogens is 183 g/mol. The summed E-state index contributed by atoms with van der Waals surface area (Å²) in [5, 5.41) is 0.423. The highest BCUT2D eigenvalue weighted by Gasteiger charge is 2.31. The average Bonchev–Trinajstić information content (AvgIpc) is 2.12. The molecule has 0 saturated carbocycles. The minimum absolute atomic E-state index is 0.423. The van der Waals surface area contributed by atoms with Gasteiger partial charge in [-0.3, -0.25) is 0 Å². The molecule has 1 rings (SSSR count). The summed E-state index contributed by atoms with van der Waals surface area (Å²) < 4.78 is 0. The first-order chi connectivity index (χ1) is 5.46. The van der Waals surface area contributed by atoms with Crippen LogP contribution in [0.1, 0.15) is 46.5 Å². The Morgan fingerprint density at radius 2 is 1.33 bits per heavy atom. The molecule has 1 aliphatic heterocycles. The summed E-state index contributed by atoms with van der Waals surface area (Å²) in [5.74, 6) is 0. The van der Waals surface area contributed by atoms with Crippen LogP contribution >= 0.6 is 6.04 Å². The third kappa shape index (κ3) is 2.33. The zero-order chi connectivity index (χ0) is 9.24. The zero-order valence-corrected chi connectivity index (χ0v) is 10.3. The summed E-state index contributed by atoms with van der Waals surface area (Å²) in [5.41, 5.74) is 0. The molecule has 0 amide bonds. The van der Waals surface area contributed by atoms with E-state index in [-0.39, 0.29) is 0 Å². The van der Waals surface area contributed by atoms with Gasteiger partial charge in [-0.15, -0.1) is 0 Å². The van der Waals surface area contributed by atoms with Crippen molar-refractivity contribution in [3.63, 3.8) is 0 Å². The van der Waals surface area contributed by atoms with E-state index in [9.17, 15) is 0 Å². The Balaban J connectivity index is 2.74. The maximum absolute atomic E-state index is 5.89. The second kappa shape index (κ2) is 3.80. The highest BCUT2D eigenvalue weighted by atomic mass is 32.4. The lowest BCUT2D eigenvalue weighted by Crippen LogP contribution is -2.18. The van der Waals surface area contributed by atoms with Gasteiger partial charge < -0.3 is 0 Å². The van der Waals surface area contributed by atoms with Crippen LogP contribution in [0, 0.1) is 0 Å². The molecular formula is C10H21PS. The maximum Gasteiger partial charge on any atom is -0.00889 e. The lowest BCUT2D eigenvalue weighted by molar-refractivity contribution is 0.726. The van der Waals surface area contributed by atoms with Crippen LogP contribution < -0.4 is 0 Å². The summed E-state index contributed by atoms with van der Waals surface area (Å²) in [6.07, 6.45) is 8.38. The van der Waals surface area contributed by atoms with Gasteiger partial charge in [-0.25, -0.2) is 0 Å². The predicted molar refractivity (Wildman–Crippen MR) is 62.2 cm³/mol. The molecule has 2 heteroatoms. The third-order valence-corrected chi connectivity index (χ3v) is 10.3. The molecule has 72 valence electrons. The van der Waals surface area contributed by atoms with E-state index in [0.29, 0.717) is 5.16 Å². The van der Waals surface area contributed by atoms with Crippen molar-refractivity contribution in [1.82, 2.24) is 0 Å². The summed E-state index contributed by atoms with van der Waals surface area (Å²) in [6.45, 7) is 7.04. The standard InChI is InChI=1S/C10H21PS/c1-10(2,3)11(12)8-6-4-5-7-9-11/h4-9H2,1-3H3. The van der Waals surface area contributed by atoms with E-state index in [2.05, 4.69) is 20.8 Å². The van der Waals surface area contributed by atoms with E-state index in [0.717, 1.165) is 0 Å². The molecule has 0 bridgehead atoms. The van der Waals surface area contributed by atoms with Crippen LogP contribution in [0.15, 0.2) is 0 Å². The monoisotopic (exact) mass is 204 g/mol. The normalized spacial score (nSPS) is 24.9. The van der Waals surface area contributed by atoms with E-state index >= 15 is 0 Å². The first-order valence-electron chi connectivity index (χ1n) is 5.04. The summed E-state index contributed by atoms with van der Waals surface area (Å²) >= 11 is 5.89.